The quantitative estimate of drug-likeness (QED) is 0.747. The van der Waals surface area contributed by atoms with Crippen LogP contribution in [0.15, 0.2) is 29.2 Å². The zero-order chi connectivity index (χ0) is 17.6. The highest BCUT2D eigenvalue weighted by Gasteiger charge is 2.29. The third-order valence-electron chi connectivity index (χ3n) is 3.12. The summed E-state index contributed by atoms with van der Waals surface area (Å²) >= 11 is 0. The standard InChI is InChI=1S/C15H22N2O5S/c1-5-22-14(18)10-17(11(2)3)23(20,21)13-8-6-12(7-9-13)15(19)16-4/h6-9,11H,5,10H2,1-4H3,(H,16,19). The number of rotatable bonds is 7. The van der Waals surface area contributed by atoms with Gasteiger partial charge in [-0.2, -0.15) is 4.31 Å². The summed E-state index contributed by atoms with van der Waals surface area (Å²) in [6.07, 6.45) is 0. The van der Waals surface area contributed by atoms with Crippen molar-refractivity contribution in [3.05, 3.63) is 29.8 Å². The first kappa shape index (κ1) is 19.1. The number of amides is 1. The van der Waals surface area contributed by atoms with Crippen molar-refractivity contribution in [1.29, 1.82) is 0 Å². The Balaban J connectivity index is 3.10. The molecule has 0 aromatic heterocycles. The topological polar surface area (TPSA) is 92.8 Å². The Kier molecular flexibility index (Phi) is 6.71. The predicted octanol–water partition coefficient (Wildman–Crippen LogP) is 1.01. The minimum Gasteiger partial charge on any atom is -0.465 e. The lowest BCUT2D eigenvalue weighted by molar-refractivity contribution is -0.143. The van der Waals surface area contributed by atoms with Gasteiger partial charge < -0.3 is 10.1 Å². The third kappa shape index (κ3) is 4.77. The van der Waals surface area contributed by atoms with Crippen LogP contribution in [-0.2, 0) is 19.6 Å². The molecule has 1 N–H and O–H groups in total. The fourth-order valence-corrected chi connectivity index (χ4v) is 3.52. The van der Waals surface area contributed by atoms with Crippen LogP contribution in [0, 0.1) is 0 Å². The number of esters is 1. The van der Waals surface area contributed by atoms with Crippen LogP contribution in [0.4, 0.5) is 0 Å². The van der Waals surface area contributed by atoms with Crippen LogP contribution in [0.5, 0.6) is 0 Å². The molecule has 8 heteroatoms. The summed E-state index contributed by atoms with van der Waals surface area (Å²) in [5, 5.41) is 2.46. The van der Waals surface area contributed by atoms with Crippen molar-refractivity contribution in [2.45, 2.75) is 31.7 Å². The van der Waals surface area contributed by atoms with Crippen molar-refractivity contribution in [1.82, 2.24) is 9.62 Å². The van der Waals surface area contributed by atoms with E-state index in [0.29, 0.717) is 5.56 Å². The second-order valence-electron chi connectivity index (χ2n) is 5.05. The summed E-state index contributed by atoms with van der Waals surface area (Å²) in [5.41, 5.74) is 0.355. The molecule has 1 aromatic rings. The number of ether oxygens (including phenoxy) is 1. The van der Waals surface area contributed by atoms with Crippen LogP contribution < -0.4 is 5.32 Å². The van der Waals surface area contributed by atoms with Crippen molar-refractivity contribution in [2.75, 3.05) is 20.2 Å². The molecular weight excluding hydrogens is 320 g/mol. The summed E-state index contributed by atoms with van der Waals surface area (Å²) < 4.78 is 31.3. The average Bonchev–Trinajstić information content (AvgIpc) is 2.51. The van der Waals surface area contributed by atoms with Crippen LogP contribution >= 0.6 is 0 Å². The number of nitrogens with one attached hydrogen (secondary N) is 1. The van der Waals surface area contributed by atoms with E-state index in [1.54, 1.807) is 20.8 Å². The molecule has 0 aliphatic carbocycles. The maximum absolute atomic E-state index is 12.7. The van der Waals surface area contributed by atoms with Gasteiger partial charge in [0.2, 0.25) is 10.0 Å². The lowest BCUT2D eigenvalue weighted by Crippen LogP contribution is -2.41. The van der Waals surface area contributed by atoms with E-state index < -0.39 is 22.0 Å². The van der Waals surface area contributed by atoms with Gasteiger partial charge in [-0.25, -0.2) is 8.42 Å². The molecular formula is C15H22N2O5S. The average molecular weight is 342 g/mol. The highest BCUT2D eigenvalue weighted by atomic mass is 32.2. The van der Waals surface area contributed by atoms with E-state index in [0.717, 1.165) is 4.31 Å². The molecule has 0 radical (unpaired) electrons. The van der Waals surface area contributed by atoms with E-state index in [1.807, 2.05) is 0 Å². The van der Waals surface area contributed by atoms with Crippen LogP contribution in [0.3, 0.4) is 0 Å². The Morgan fingerprint density at radius 1 is 1.22 bits per heavy atom. The number of benzene rings is 1. The SMILES string of the molecule is CCOC(=O)CN(C(C)C)S(=O)(=O)c1ccc(C(=O)NC)cc1. The van der Waals surface area contributed by atoms with E-state index in [4.69, 9.17) is 4.74 Å². The lowest BCUT2D eigenvalue weighted by atomic mass is 10.2. The molecule has 128 valence electrons. The fraction of sp³-hybridized carbons (Fsp3) is 0.467. The fourth-order valence-electron chi connectivity index (χ4n) is 1.94. The highest BCUT2D eigenvalue weighted by molar-refractivity contribution is 7.89. The van der Waals surface area contributed by atoms with Crippen LogP contribution in [-0.4, -0.2) is 50.8 Å². The summed E-state index contributed by atoms with van der Waals surface area (Å²) in [4.78, 5) is 23.2. The number of carbonyl (C=O) groups excluding carboxylic acids is 2. The molecule has 7 nitrogen and oxygen atoms in total. The van der Waals surface area contributed by atoms with E-state index in [-0.39, 0.29) is 24.0 Å². The zero-order valence-electron chi connectivity index (χ0n) is 13.7. The van der Waals surface area contributed by atoms with Gasteiger partial charge >= 0.3 is 5.97 Å². The Morgan fingerprint density at radius 2 is 1.78 bits per heavy atom. The van der Waals surface area contributed by atoms with Gasteiger partial charge in [-0.1, -0.05) is 0 Å². The van der Waals surface area contributed by atoms with E-state index >= 15 is 0 Å². The number of carbonyl (C=O) groups is 2. The summed E-state index contributed by atoms with van der Waals surface area (Å²) in [5.74, 6) is -0.909. The van der Waals surface area contributed by atoms with Gasteiger partial charge in [0, 0.05) is 18.7 Å². The van der Waals surface area contributed by atoms with Crippen molar-refractivity contribution in [3.63, 3.8) is 0 Å². The maximum Gasteiger partial charge on any atom is 0.321 e. The molecule has 0 atom stereocenters. The summed E-state index contributed by atoms with van der Waals surface area (Å²) in [6, 6.07) is 5.13. The van der Waals surface area contributed by atoms with Gasteiger partial charge in [0.1, 0.15) is 6.54 Å². The largest absolute Gasteiger partial charge is 0.465 e. The molecule has 0 heterocycles. The van der Waals surface area contributed by atoms with Gasteiger partial charge in [-0.3, -0.25) is 9.59 Å². The molecule has 0 saturated carbocycles. The van der Waals surface area contributed by atoms with Crippen LogP contribution in [0.1, 0.15) is 31.1 Å². The Morgan fingerprint density at radius 3 is 2.22 bits per heavy atom. The maximum atomic E-state index is 12.7. The van der Waals surface area contributed by atoms with E-state index in [9.17, 15) is 18.0 Å². The molecule has 0 saturated heterocycles. The molecule has 1 aromatic carbocycles. The highest BCUT2D eigenvalue weighted by Crippen LogP contribution is 2.19. The first-order valence-corrected chi connectivity index (χ1v) is 8.67. The first-order valence-electron chi connectivity index (χ1n) is 7.23. The minimum atomic E-state index is -3.86. The predicted molar refractivity (Wildman–Crippen MR) is 85.5 cm³/mol. The normalized spacial score (nSPS) is 11.6. The van der Waals surface area contributed by atoms with Crippen molar-refractivity contribution < 1.29 is 22.7 Å². The minimum absolute atomic E-state index is 0.0168. The van der Waals surface area contributed by atoms with Crippen molar-refractivity contribution >= 4 is 21.9 Å². The Labute approximate surface area is 136 Å². The molecule has 0 fully saturated rings. The van der Waals surface area contributed by atoms with Gasteiger partial charge in [0.15, 0.2) is 0 Å². The number of hydrogen-bond donors (Lipinski definition) is 1. The van der Waals surface area contributed by atoms with Crippen LogP contribution in [0.25, 0.3) is 0 Å². The smallest absolute Gasteiger partial charge is 0.321 e. The number of nitrogens with zero attached hydrogens (tertiary/aromatic N) is 1. The van der Waals surface area contributed by atoms with Gasteiger partial charge in [0.25, 0.3) is 5.91 Å². The lowest BCUT2D eigenvalue weighted by Gasteiger charge is -2.25. The zero-order valence-corrected chi connectivity index (χ0v) is 14.5. The second kappa shape index (κ2) is 8.07. The summed E-state index contributed by atoms with van der Waals surface area (Å²) in [7, 11) is -2.37. The summed E-state index contributed by atoms with van der Waals surface area (Å²) in [6.45, 7) is 4.84. The monoisotopic (exact) mass is 342 g/mol. The molecule has 0 aliphatic heterocycles. The van der Waals surface area contributed by atoms with Crippen molar-refractivity contribution in [3.8, 4) is 0 Å². The van der Waals surface area contributed by atoms with Crippen LogP contribution in [0.2, 0.25) is 0 Å². The van der Waals surface area contributed by atoms with Gasteiger partial charge in [-0.15, -0.1) is 0 Å². The van der Waals surface area contributed by atoms with E-state index in [2.05, 4.69) is 5.32 Å². The third-order valence-corrected chi connectivity index (χ3v) is 5.15. The molecule has 0 aliphatic rings. The second-order valence-corrected chi connectivity index (χ2v) is 6.94. The van der Waals surface area contributed by atoms with Gasteiger partial charge in [0.05, 0.1) is 11.5 Å². The number of hydrogen-bond acceptors (Lipinski definition) is 5. The van der Waals surface area contributed by atoms with Gasteiger partial charge in [-0.05, 0) is 45.0 Å². The molecule has 23 heavy (non-hydrogen) atoms. The first-order chi connectivity index (χ1) is 10.7. The Hall–Kier alpha value is -1.93. The molecule has 0 spiro atoms. The van der Waals surface area contributed by atoms with Crippen molar-refractivity contribution in [2.24, 2.45) is 0 Å². The molecule has 0 unspecified atom stereocenters. The van der Waals surface area contributed by atoms with E-state index in [1.165, 1.54) is 31.3 Å². The number of sulfonamides is 1. The molecule has 1 rings (SSSR count). The molecule has 0 bridgehead atoms. The Bertz CT molecular complexity index is 653. The molecule has 1 amide bonds.